The molecule has 0 aromatic heterocycles. The molecule has 0 saturated carbocycles. The number of carboxylic acids is 1. The molecule has 0 fully saturated rings. The Morgan fingerprint density at radius 3 is 2.37 bits per heavy atom. The summed E-state index contributed by atoms with van der Waals surface area (Å²) in [6, 6.07) is 6.30. The van der Waals surface area contributed by atoms with E-state index in [2.05, 4.69) is 5.32 Å². The second-order valence-corrected chi connectivity index (χ2v) is 5.58. The molecule has 2 N–H and O–H groups in total. The predicted molar refractivity (Wildman–Crippen MR) is 92.7 cm³/mol. The Morgan fingerprint density at radius 1 is 1.11 bits per heavy atom. The molecule has 27 heavy (non-hydrogen) atoms. The number of benzene rings is 2. The van der Waals surface area contributed by atoms with E-state index in [-0.39, 0.29) is 29.1 Å². The van der Waals surface area contributed by atoms with Crippen LogP contribution in [0, 0.1) is 5.82 Å². The molecule has 0 aliphatic carbocycles. The van der Waals surface area contributed by atoms with Crippen LogP contribution in [-0.2, 0) is 11.0 Å². The van der Waals surface area contributed by atoms with Crippen LogP contribution in [0.1, 0.15) is 40.4 Å². The normalized spacial score (nSPS) is 11.6. The lowest BCUT2D eigenvalue weighted by Gasteiger charge is -2.09. The standard InChI is InChI=1S/C19H15F4NO3/c1-2-17(25)24-16-8-4-11(9-14(16)18(26)27)3-5-12-6-7-13(10-15(12)20)19(21,22)23/h3-10H,2H2,1H3,(H,24,25)(H,26,27)/b5-3+. The van der Waals surface area contributed by atoms with Crippen LogP contribution in [0.3, 0.4) is 0 Å². The van der Waals surface area contributed by atoms with E-state index in [1.807, 2.05) is 0 Å². The summed E-state index contributed by atoms with van der Waals surface area (Å²) in [5.74, 6) is -2.67. The Morgan fingerprint density at radius 2 is 1.81 bits per heavy atom. The zero-order chi connectivity index (χ0) is 20.2. The van der Waals surface area contributed by atoms with Crippen LogP contribution in [0.15, 0.2) is 36.4 Å². The number of carbonyl (C=O) groups excluding carboxylic acids is 1. The fourth-order valence-electron chi connectivity index (χ4n) is 2.21. The maximum atomic E-state index is 13.8. The van der Waals surface area contributed by atoms with Crippen molar-refractivity contribution >= 4 is 29.7 Å². The Labute approximate surface area is 152 Å². The quantitative estimate of drug-likeness (QED) is 0.562. The highest BCUT2D eigenvalue weighted by Crippen LogP contribution is 2.30. The number of aromatic carboxylic acids is 1. The fraction of sp³-hybridized carbons (Fsp3) is 0.158. The number of carboxylic acid groups (broad SMARTS) is 1. The first kappa shape index (κ1) is 20.2. The Balaban J connectivity index is 2.30. The van der Waals surface area contributed by atoms with Gasteiger partial charge in [0.2, 0.25) is 5.91 Å². The molecule has 0 heterocycles. The molecule has 8 heteroatoms. The van der Waals surface area contributed by atoms with Crippen LogP contribution < -0.4 is 5.32 Å². The second kappa shape index (κ2) is 8.03. The molecule has 0 spiro atoms. The van der Waals surface area contributed by atoms with Gasteiger partial charge in [-0.25, -0.2) is 9.18 Å². The number of carbonyl (C=O) groups is 2. The van der Waals surface area contributed by atoms with Gasteiger partial charge in [-0.1, -0.05) is 31.2 Å². The number of halogens is 4. The summed E-state index contributed by atoms with van der Waals surface area (Å²) in [4.78, 5) is 22.8. The highest BCUT2D eigenvalue weighted by Gasteiger charge is 2.30. The average molecular weight is 381 g/mol. The highest BCUT2D eigenvalue weighted by molar-refractivity contribution is 6.01. The molecule has 0 aliphatic rings. The van der Waals surface area contributed by atoms with E-state index in [9.17, 15) is 32.3 Å². The molecule has 0 bridgehead atoms. The molecule has 142 valence electrons. The molecule has 0 atom stereocenters. The van der Waals surface area contributed by atoms with Gasteiger partial charge >= 0.3 is 12.1 Å². The van der Waals surface area contributed by atoms with Crippen LogP contribution in [0.2, 0.25) is 0 Å². The minimum absolute atomic E-state index is 0.0803. The smallest absolute Gasteiger partial charge is 0.416 e. The van der Waals surface area contributed by atoms with E-state index >= 15 is 0 Å². The Kier molecular flexibility index (Phi) is 5.99. The summed E-state index contributed by atoms with van der Waals surface area (Å²) < 4.78 is 51.5. The van der Waals surface area contributed by atoms with Gasteiger partial charge in [0, 0.05) is 12.0 Å². The lowest BCUT2D eigenvalue weighted by atomic mass is 10.1. The van der Waals surface area contributed by atoms with Crippen LogP contribution in [-0.4, -0.2) is 17.0 Å². The van der Waals surface area contributed by atoms with Crippen molar-refractivity contribution in [3.05, 3.63) is 64.5 Å². The van der Waals surface area contributed by atoms with Crippen molar-refractivity contribution < 1.29 is 32.3 Å². The second-order valence-electron chi connectivity index (χ2n) is 5.58. The van der Waals surface area contributed by atoms with Crippen molar-refractivity contribution in [2.75, 3.05) is 5.32 Å². The largest absolute Gasteiger partial charge is 0.478 e. The molecular formula is C19H15F4NO3. The Hall–Kier alpha value is -3.16. The van der Waals surface area contributed by atoms with E-state index in [1.54, 1.807) is 6.92 Å². The number of nitrogens with one attached hydrogen (secondary N) is 1. The van der Waals surface area contributed by atoms with Crippen LogP contribution in [0.4, 0.5) is 23.2 Å². The van der Waals surface area contributed by atoms with Gasteiger partial charge in [0.05, 0.1) is 16.8 Å². The minimum atomic E-state index is -4.64. The minimum Gasteiger partial charge on any atom is -0.478 e. The molecule has 0 aliphatic heterocycles. The van der Waals surface area contributed by atoms with Gasteiger partial charge in [-0.15, -0.1) is 0 Å². The number of hydrogen-bond acceptors (Lipinski definition) is 2. The van der Waals surface area contributed by atoms with E-state index in [0.29, 0.717) is 11.6 Å². The van der Waals surface area contributed by atoms with Crippen molar-refractivity contribution in [1.29, 1.82) is 0 Å². The van der Waals surface area contributed by atoms with E-state index < -0.39 is 23.5 Å². The third-order valence-electron chi connectivity index (χ3n) is 3.65. The number of anilines is 1. The van der Waals surface area contributed by atoms with E-state index in [0.717, 1.165) is 12.1 Å². The van der Waals surface area contributed by atoms with Crippen molar-refractivity contribution in [3.8, 4) is 0 Å². The maximum absolute atomic E-state index is 13.8. The monoisotopic (exact) mass is 381 g/mol. The van der Waals surface area contributed by atoms with Crippen molar-refractivity contribution in [1.82, 2.24) is 0 Å². The summed E-state index contributed by atoms with van der Waals surface area (Å²) in [6.45, 7) is 1.62. The number of alkyl halides is 3. The molecule has 2 rings (SSSR count). The van der Waals surface area contributed by atoms with E-state index in [4.69, 9.17) is 0 Å². The highest BCUT2D eigenvalue weighted by atomic mass is 19.4. The lowest BCUT2D eigenvalue weighted by Crippen LogP contribution is -2.13. The van der Waals surface area contributed by atoms with Crippen LogP contribution in [0.25, 0.3) is 12.2 Å². The summed E-state index contributed by atoms with van der Waals surface area (Å²) in [7, 11) is 0. The molecule has 4 nitrogen and oxygen atoms in total. The zero-order valence-corrected chi connectivity index (χ0v) is 14.1. The third kappa shape index (κ3) is 5.16. The predicted octanol–water partition coefficient (Wildman–Crippen LogP) is 5.06. The molecule has 0 radical (unpaired) electrons. The third-order valence-corrected chi connectivity index (χ3v) is 3.65. The van der Waals surface area contributed by atoms with Crippen LogP contribution >= 0.6 is 0 Å². The first-order chi connectivity index (χ1) is 12.6. The van der Waals surface area contributed by atoms with Gasteiger partial charge in [-0.3, -0.25) is 4.79 Å². The molecule has 2 aromatic carbocycles. The van der Waals surface area contributed by atoms with Gasteiger partial charge in [-0.05, 0) is 29.8 Å². The SMILES string of the molecule is CCC(=O)Nc1ccc(/C=C/c2ccc(C(F)(F)F)cc2F)cc1C(=O)O. The molecule has 1 amide bonds. The number of rotatable bonds is 5. The maximum Gasteiger partial charge on any atom is 0.416 e. The number of hydrogen-bond donors (Lipinski definition) is 2. The number of amides is 1. The van der Waals surface area contributed by atoms with Crippen LogP contribution in [0.5, 0.6) is 0 Å². The fourth-order valence-corrected chi connectivity index (χ4v) is 2.21. The summed E-state index contributed by atoms with van der Waals surface area (Å²) in [6.07, 6.45) is -1.86. The van der Waals surface area contributed by atoms with Crippen molar-refractivity contribution in [2.24, 2.45) is 0 Å². The molecule has 0 saturated heterocycles. The summed E-state index contributed by atoms with van der Waals surface area (Å²) >= 11 is 0. The first-order valence-corrected chi connectivity index (χ1v) is 7.84. The van der Waals surface area contributed by atoms with E-state index in [1.165, 1.54) is 30.4 Å². The lowest BCUT2D eigenvalue weighted by molar-refractivity contribution is -0.137. The molecule has 0 unspecified atom stereocenters. The van der Waals surface area contributed by atoms with Gasteiger partial charge in [0.1, 0.15) is 5.82 Å². The Bertz CT molecular complexity index is 904. The summed E-state index contributed by atoms with van der Waals surface area (Å²) in [5, 5.41) is 11.7. The van der Waals surface area contributed by atoms with Gasteiger partial charge in [-0.2, -0.15) is 13.2 Å². The average Bonchev–Trinajstić information content (AvgIpc) is 2.60. The van der Waals surface area contributed by atoms with Crippen molar-refractivity contribution in [3.63, 3.8) is 0 Å². The summed E-state index contributed by atoms with van der Waals surface area (Å²) in [5.41, 5.74) is -0.843. The topological polar surface area (TPSA) is 66.4 Å². The molecular weight excluding hydrogens is 366 g/mol. The zero-order valence-electron chi connectivity index (χ0n) is 14.1. The van der Waals surface area contributed by atoms with Gasteiger partial charge in [0.25, 0.3) is 0 Å². The molecule has 2 aromatic rings. The van der Waals surface area contributed by atoms with Gasteiger partial charge in [0.15, 0.2) is 0 Å². The first-order valence-electron chi connectivity index (χ1n) is 7.84. The van der Waals surface area contributed by atoms with Crippen molar-refractivity contribution in [2.45, 2.75) is 19.5 Å². The van der Waals surface area contributed by atoms with Gasteiger partial charge < -0.3 is 10.4 Å².